The maximum absolute atomic E-state index is 12.4. The fourth-order valence-corrected chi connectivity index (χ4v) is 4.06. The number of anilines is 1. The van der Waals surface area contributed by atoms with Crippen molar-refractivity contribution < 1.29 is 8.42 Å². The largest absolute Gasteiger partial charge is 0.399 e. The minimum atomic E-state index is -3.49. The van der Waals surface area contributed by atoms with Crippen LogP contribution in [0.3, 0.4) is 0 Å². The van der Waals surface area contributed by atoms with E-state index in [0.29, 0.717) is 12.2 Å². The molecule has 0 spiro atoms. The Morgan fingerprint density at radius 3 is 2.59 bits per heavy atom. The summed E-state index contributed by atoms with van der Waals surface area (Å²) in [6, 6.07) is 4.63. The highest BCUT2D eigenvalue weighted by Crippen LogP contribution is 2.34. The highest BCUT2D eigenvalue weighted by Gasteiger charge is 2.37. The molecule has 1 aliphatic rings. The van der Waals surface area contributed by atoms with Crippen LogP contribution in [-0.4, -0.2) is 25.3 Å². The SMILES string of the molecule is CCN(C1CC1)S(=O)(=O)c1ccc(N)cc1Cl. The quantitative estimate of drug-likeness (QED) is 0.855. The van der Waals surface area contributed by atoms with Gasteiger partial charge in [-0.05, 0) is 31.0 Å². The number of nitrogen functional groups attached to an aromatic ring is 1. The highest BCUT2D eigenvalue weighted by molar-refractivity contribution is 7.89. The van der Waals surface area contributed by atoms with E-state index in [0.717, 1.165) is 12.8 Å². The van der Waals surface area contributed by atoms with E-state index in [4.69, 9.17) is 17.3 Å². The first-order valence-electron chi connectivity index (χ1n) is 5.53. The lowest BCUT2D eigenvalue weighted by Gasteiger charge is -2.20. The van der Waals surface area contributed by atoms with Crippen molar-refractivity contribution in [3.63, 3.8) is 0 Å². The number of rotatable bonds is 4. The van der Waals surface area contributed by atoms with Crippen LogP contribution >= 0.6 is 11.6 Å². The molecular weight excluding hydrogens is 260 g/mol. The molecule has 0 bridgehead atoms. The lowest BCUT2D eigenvalue weighted by atomic mass is 10.3. The van der Waals surface area contributed by atoms with E-state index in [1.54, 1.807) is 6.07 Å². The van der Waals surface area contributed by atoms with Gasteiger partial charge in [0.1, 0.15) is 4.90 Å². The lowest BCUT2D eigenvalue weighted by molar-refractivity contribution is 0.421. The van der Waals surface area contributed by atoms with Gasteiger partial charge >= 0.3 is 0 Å². The Labute approximate surface area is 106 Å². The Kier molecular flexibility index (Phi) is 3.34. The molecule has 0 aliphatic heterocycles. The second-order valence-corrected chi connectivity index (χ2v) is 6.40. The summed E-state index contributed by atoms with van der Waals surface area (Å²) < 4.78 is 26.3. The van der Waals surface area contributed by atoms with Gasteiger partial charge in [0.25, 0.3) is 0 Å². The van der Waals surface area contributed by atoms with Crippen molar-refractivity contribution in [1.82, 2.24) is 4.31 Å². The monoisotopic (exact) mass is 274 g/mol. The molecule has 0 heterocycles. The third kappa shape index (κ3) is 2.41. The summed E-state index contributed by atoms with van der Waals surface area (Å²) in [6.45, 7) is 2.30. The number of nitrogens with zero attached hydrogens (tertiary/aromatic N) is 1. The van der Waals surface area contributed by atoms with Crippen molar-refractivity contribution in [2.24, 2.45) is 0 Å². The first-order valence-corrected chi connectivity index (χ1v) is 7.35. The lowest BCUT2D eigenvalue weighted by Crippen LogP contribution is -2.33. The first kappa shape index (κ1) is 12.7. The van der Waals surface area contributed by atoms with Gasteiger partial charge in [0.2, 0.25) is 10.0 Å². The average molecular weight is 275 g/mol. The van der Waals surface area contributed by atoms with Crippen LogP contribution < -0.4 is 5.73 Å². The Morgan fingerprint density at radius 2 is 2.12 bits per heavy atom. The second-order valence-electron chi connectivity index (χ2n) is 4.13. The van der Waals surface area contributed by atoms with Crippen LogP contribution in [0.4, 0.5) is 5.69 Å². The van der Waals surface area contributed by atoms with Gasteiger partial charge in [0.05, 0.1) is 5.02 Å². The summed E-state index contributed by atoms with van der Waals surface area (Å²) in [5, 5.41) is 0.184. The highest BCUT2D eigenvalue weighted by atomic mass is 35.5. The molecule has 1 aliphatic carbocycles. The molecule has 4 nitrogen and oxygen atoms in total. The third-order valence-corrected chi connectivity index (χ3v) is 5.32. The van der Waals surface area contributed by atoms with Crippen LogP contribution in [0.25, 0.3) is 0 Å². The van der Waals surface area contributed by atoms with Crippen LogP contribution in [0.15, 0.2) is 23.1 Å². The third-order valence-electron chi connectivity index (χ3n) is 2.81. The number of halogens is 1. The number of benzene rings is 1. The molecule has 2 N–H and O–H groups in total. The molecular formula is C11H15ClN2O2S. The maximum atomic E-state index is 12.4. The summed E-state index contributed by atoms with van der Waals surface area (Å²) in [7, 11) is -3.49. The smallest absolute Gasteiger partial charge is 0.244 e. The van der Waals surface area contributed by atoms with Crippen molar-refractivity contribution in [3.8, 4) is 0 Å². The summed E-state index contributed by atoms with van der Waals surface area (Å²) in [6.07, 6.45) is 1.86. The first-order chi connectivity index (χ1) is 7.96. The van der Waals surface area contributed by atoms with Crippen LogP contribution in [0.2, 0.25) is 5.02 Å². The van der Waals surface area contributed by atoms with Crippen molar-refractivity contribution in [2.45, 2.75) is 30.7 Å². The molecule has 17 heavy (non-hydrogen) atoms. The van der Waals surface area contributed by atoms with Gasteiger partial charge in [-0.1, -0.05) is 18.5 Å². The van der Waals surface area contributed by atoms with Gasteiger partial charge in [-0.2, -0.15) is 4.31 Å². The fraction of sp³-hybridized carbons (Fsp3) is 0.455. The van der Waals surface area contributed by atoms with Crippen LogP contribution in [0, 0.1) is 0 Å². The molecule has 0 unspecified atom stereocenters. The van der Waals surface area contributed by atoms with Crippen molar-refractivity contribution in [3.05, 3.63) is 23.2 Å². The van der Waals surface area contributed by atoms with E-state index in [1.807, 2.05) is 6.92 Å². The van der Waals surface area contributed by atoms with Gasteiger partial charge in [0, 0.05) is 18.3 Å². The summed E-state index contributed by atoms with van der Waals surface area (Å²) >= 11 is 5.95. The zero-order valence-electron chi connectivity index (χ0n) is 9.56. The maximum Gasteiger partial charge on any atom is 0.244 e. The van der Waals surface area contributed by atoms with E-state index in [1.165, 1.54) is 16.4 Å². The Hall–Kier alpha value is -0.780. The molecule has 0 aromatic heterocycles. The molecule has 0 amide bonds. The minimum absolute atomic E-state index is 0.138. The van der Waals surface area contributed by atoms with E-state index < -0.39 is 10.0 Å². The predicted molar refractivity (Wildman–Crippen MR) is 68.5 cm³/mol. The van der Waals surface area contributed by atoms with E-state index in [2.05, 4.69) is 0 Å². The van der Waals surface area contributed by atoms with Crippen LogP contribution in [-0.2, 0) is 10.0 Å². The molecule has 1 aromatic carbocycles. The summed E-state index contributed by atoms with van der Waals surface area (Å²) in [4.78, 5) is 0.141. The molecule has 94 valence electrons. The van der Waals surface area contributed by atoms with E-state index >= 15 is 0 Å². The number of nitrogens with two attached hydrogens (primary N) is 1. The van der Waals surface area contributed by atoms with Crippen molar-refractivity contribution >= 4 is 27.3 Å². The zero-order valence-corrected chi connectivity index (χ0v) is 11.1. The predicted octanol–water partition coefficient (Wildman–Crippen LogP) is 2.10. The molecule has 0 atom stereocenters. The van der Waals surface area contributed by atoms with Crippen molar-refractivity contribution in [2.75, 3.05) is 12.3 Å². The van der Waals surface area contributed by atoms with Gasteiger partial charge in [-0.3, -0.25) is 0 Å². The number of sulfonamides is 1. The average Bonchev–Trinajstić information content (AvgIpc) is 3.01. The van der Waals surface area contributed by atoms with Gasteiger partial charge < -0.3 is 5.73 Å². The molecule has 0 saturated heterocycles. The minimum Gasteiger partial charge on any atom is -0.399 e. The molecule has 6 heteroatoms. The standard InChI is InChI=1S/C11H15ClN2O2S/c1-2-14(9-4-5-9)17(15,16)11-6-3-8(13)7-10(11)12/h3,6-7,9H,2,4-5,13H2,1H3. The Balaban J connectivity index is 2.43. The van der Waals surface area contributed by atoms with Gasteiger partial charge in [-0.25, -0.2) is 8.42 Å². The normalized spacial score (nSPS) is 16.4. The fourth-order valence-electron chi connectivity index (χ4n) is 1.84. The molecule has 0 radical (unpaired) electrons. The van der Waals surface area contributed by atoms with Crippen molar-refractivity contribution in [1.29, 1.82) is 0 Å². The summed E-state index contributed by atoms with van der Waals surface area (Å²) in [5.74, 6) is 0. The molecule has 1 saturated carbocycles. The molecule has 1 aromatic rings. The van der Waals surface area contributed by atoms with E-state index in [9.17, 15) is 8.42 Å². The number of hydrogen-bond acceptors (Lipinski definition) is 3. The number of hydrogen-bond donors (Lipinski definition) is 1. The van der Waals surface area contributed by atoms with Crippen LogP contribution in [0.5, 0.6) is 0 Å². The molecule has 1 fully saturated rings. The van der Waals surface area contributed by atoms with Crippen LogP contribution in [0.1, 0.15) is 19.8 Å². The Morgan fingerprint density at radius 1 is 1.47 bits per heavy atom. The summed E-state index contributed by atoms with van der Waals surface area (Å²) in [5.41, 5.74) is 6.02. The zero-order chi connectivity index (χ0) is 12.6. The Bertz CT molecular complexity index is 526. The van der Waals surface area contributed by atoms with Gasteiger partial charge in [-0.15, -0.1) is 0 Å². The second kappa shape index (κ2) is 4.48. The topological polar surface area (TPSA) is 63.4 Å². The molecule has 2 rings (SSSR count). The van der Waals surface area contributed by atoms with E-state index in [-0.39, 0.29) is 16.0 Å². The van der Waals surface area contributed by atoms with Gasteiger partial charge in [0.15, 0.2) is 0 Å².